The summed E-state index contributed by atoms with van der Waals surface area (Å²) in [4.78, 5) is 0. The topological polar surface area (TPSA) is 12.0 Å². The molecule has 1 heteroatoms. The molecular formula is C13H27N. The van der Waals surface area contributed by atoms with Gasteiger partial charge >= 0.3 is 0 Å². The Hall–Kier alpha value is -0.460. The van der Waals surface area contributed by atoms with Gasteiger partial charge in [-0.15, -0.1) is 0 Å². The van der Waals surface area contributed by atoms with Crippen molar-refractivity contribution in [3.8, 4) is 0 Å². The molecule has 0 atom stereocenters. The number of unbranched alkanes of at least 4 members (excludes halogenated alkanes) is 6. The second-order valence-corrected chi connectivity index (χ2v) is 4.01. The van der Waals surface area contributed by atoms with Gasteiger partial charge < -0.3 is 5.32 Å². The van der Waals surface area contributed by atoms with E-state index in [0.29, 0.717) is 0 Å². The maximum absolute atomic E-state index is 3.92. The number of nitrogens with one attached hydrogen (secondary N) is 1. The minimum atomic E-state index is 1.05. The van der Waals surface area contributed by atoms with Crippen LogP contribution in [0.2, 0.25) is 0 Å². The summed E-state index contributed by atoms with van der Waals surface area (Å²) in [6.45, 7) is 9.44. The molecule has 0 rings (SSSR count). The number of hydrogen-bond acceptors (Lipinski definition) is 1. The summed E-state index contributed by atoms with van der Waals surface area (Å²) in [6.07, 6.45) is 10.7. The molecule has 0 aliphatic carbocycles. The molecule has 0 aliphatic rings. The Kier molecular flexibility index (Phi) is 10.3. The van der Waals surface area contributed by atoms with E-state index in [-0.39, 0.29) is 0 Å². The van der Waals surface area contributed by atoms with Gasteiger partial charge in [0, 0.05) is 12.2 Å². The molecule has 0 spiro atoms. The molecule has 0 saturated heterocycles. The zero-order valence-electron chi connectivity index (χ0n) is 10.1. The summed E-state index contributed by atoms with van der Waals surface area (Å²) in [6, 6.07) is 0. The molecule has 0 radical (unpaired) electrons. The van der Waals surface area contributed by atoms with Crippen LogP contribution in [0.5, 0.6) is 0 Å². The first-order valence-electron chi connectivity index (χ1n) is 6.22. The van der Waals surface area contributed by atoms with E-state index >= 15 is 0 Å². The lowest BCUT2D eigenvalue weighted by molar-refractivity contribution is 0.577. The van der Waals surface area contributed by atoms with Crippen LogP contribution in [0.3, 0.4) is 0 Å². The van der Waals surface area contributed by atoms with Gasteiger partial charge in [0.1, 0.15) is 0 Å². The maximum atomic E-state index is 3.92. The first kappa shape index (κ1) is 13.5. The maximum Gasteiger partial charge on any atom is 0.0143 e. The lowest BCUT2D eigenvalue weighted by atomic mass is 10.1. The van der Waals surface area contributed by atoms with E-state index in [1.807, 2.05) is 0 Å². The molecule has 0 aromatic heterocycles. The second kappa shape index (κ2) is 10.6. The molecule has 0 bridgehead atoms. The third-order valence-corrected chi connectivity index (χ3v) is 2.58. The minimum absolute atomic E-state index is 1.05. The van der Waals surface area contributed by atoms with E-state index in [1.54, 1.807) is 0 Å². The molecule has 14 heavy (non-hydrogen) atoms. The van der Waals surface area contributed by atoms with Crippen molar-refractivity contribution < 1.29 is 0 Å². The molecule has 0 unspecified atom stereocenters. The zero-order valence-corrected chi connectivity index (χ0v) is 10.1. The van der Waals surface area contributed by atoms with Gasteiger partial charge in [-0.25, -0.2) is 0 Å². The van der Waals surface area contributed by atoms with Crippen LogP contribution in [0.15, 0.2) is 12.3 Å². The monoisotopic (exact) mass is 197 g/mol. The quantitative estimate of drug-likeness (QED) is 0.516. The fraction of sp³-hybridized carbons (Fsp3) is 0.846. The number of rotatable bonds is 10. The van der Waals surface area contributed by atoms with Gasteiger partial charge in [-0.2, -0.15) is 0 Å². The molecule has 1 nitrogen and oxygen atoms in total. The SMILES string of the molecule is C=C(CC)NCCCCCCCCC. The van der Waals surface area contributed by atoms with Crippen LogP contribution in [0.4, 0.5) is 0 Å². The van der Waals surface area contributed by atoms with Crippen LogP contribution < -0.4 is 5.32 Å². The fourth-order valence-electron chi connectivity index (χ4n) is 1.47. The van der Waals surface area contributed by atoms with Crippen LogP contribution in [-0.2, 0) is 0 Å². The lowest BCUT2D eigenvalue weighted by Gasteiger charge is -2.06. The van der Waals surface area contributed by atoms with Crippen molar-refractivity contribution in [3.05, 3.63) is 12.3 Å². The van der Waals surface area contributed by atoms with Crippen LogP contribution in [0.25, 0.3) is 0 Å². The predicted molar refractivity (Wildman–Crippen MR) is 65.4 cm³/mol. The Balaban J connectivity index is 2.95. The fourth-order valence-corrected chi connectivity index (χ4v) is 1.47. The molecule has 84 valence electrons. The Morgan fingerprint density at radius 2 is 1.50 bits per heavy atom. The first-order chi connectivity index (χ1) is 6.81. The molecule has 0 heterocycles. The first-order valence-corrected chi connectivity index (χ1v) is 6.22. The van der Waals surface area contributed by atoms with Gasteiger partial charge in [-0.05, 0) is 12.8 Å². The van der Waals surface area contributed by atoms with Crippen LogP contribution in [0.1, 0.15) is 65.2 Å². The summed E-state index contributed by atoms with van der Waals surface area (Å²) >= 11 is 0. The van der Waals surface area contributed by atoms with Gasteiger partial charge in [-0.1, -0.05) is 59.0 Å². The minimum Gasteiger partial charge on any atom is -0.389 e. The highest BCUT2D eigenvalue weighted by Gasteiger charge is 1.91. The van der Waals surface area contributed by atoms with Crippen LogP contribution >= 0.6 is 0 Å². The normalized spacial score (nSPS) is 10.1. The number of allylic oxidation sites excluding steroid dienone is 1. The largest absolute Gasteiger partial charge is 0.389 e. The van der Waals surface area contributed by atoms with E-state index in [0.717, 1.165) is 13.0 Å². The van der Waals surface area contributed by atoms with Crippen molar-refractivity contribution in [1.82, 2.24) is 5.32 Å². The Morgan fingerprint density at radius 3 is 2.07 bits per heavy atom. The Labute approximate surface area is 90.0 Å². The third kappa shape index (κ3) is 9.63. The van der Waals surface area contributed by atoms with Crippen molar-refractivity contribution in [1.29, 1.82) is 0 Å². The average molecular weight is 197 g/mol. The summed E-state index contributed by atoms with van der Waals surface area (Å²) < 4.78 is 0. The van der Waals surface area contributed by atoms with E-state index in [2.05, 4.69) is 25.7 Å². The van der Waals surface area contributed by atoms with E-state index in [9.17, 15) is 0 Å². The van der Waals surface area contributed by atoms with Gasteiger partial charge in [0.25, 0.3) is 0 Å². The van der Waals surface area contributed by atoms with E-state index < -0.39 is 0 Å². The smallest absolute Gasteiger partial charge is 0.0143 e. The molecule has 0 fully saturated rings. The van der Waals surface area contributed by atoms with E-state index in [1.165, 1.54) is 50.6 Å². The van der Waals surface area contributed by atoms with Gasteiger partial charge in [0.05, 0.1) is 0 Å². The molecule has 1 N–H and O–H groups in total. The molecule has 0 saturated carbocycles. The highest BCUT2D eigenvalue weighted by molar-refractivity contribution is 4.88. The molecule has 0 aromatic rings. The van der Waals surface area contributed by atoms with Gasteiger partial charge in [0.15, 0.2) is 0 Å². The van der Waals surface area contributed by atoms with Crippen molar-refractivity contribution in [2.24, 2.45) is 0 Å². The Bertz CT molecular complexity index is 129. The van der Waals surface area contributed by atoms with Crippen LogP contribution in [-0.4, -0.2) is 6.54 Å². The summed E-state index contributed by atoms with van der Waals surface area (Å²) in [7, 11) is 0. The van der Waals surface area contributed by atoms with Crippen molar-refractivity contribution in [2.75, 3.05) is 6.54 Å². The van der Waals surface area contributed by atoms with Crippen molar-refractivity contribution in [3.63, 3.8) is 0 Å². The van der Waals surface area contributed by atoms with Gasteiger partial charge in [0.2, 0.25) is 0 Å². The van der Waals surface area contributed by atoms with Gasteiger partial charge in [-0.3, -0.25) is 0 Å². The summed E-state index contributed by atoms with van der Waals surface area (Å²) in [5.74, 6) is 0. The van der Waals surface area contributed by atoms with Crippen molar-refractivity contribution in [2.45, 2.75) is 65.2 Å². The predicted octanol–water partition coefficient (Wildman–Crippen LogP) is 4.25. The lowest BCUT2D eigenvalue weighted by Crippen LogP contribution is -2.12. The standard InChI is InChI=1S/C13H27N/c1-4-6-7-8-9-10-11-12-14-13(3)5-2/h14H,3-12H2,1-2H3. The number of hydrogen-bond donors (Lipinski definition) is 1. The summed E-state index contributed by atoms with van der Waals surface area (Å²) in [5, 5.41) is 3.34. The van der Waals surface area contributed by atoms with Crippen LogP contribution in [0, 0.1) is 0 Å². The average Bonchev–Trinajstić information content (AvgIpc) is 2.21. The zero-order chi connectivity index (χ0) is 10.6. The Morgan fingerprint density at radius 1 is 0.929 bits per heavy atom. The molecule has 0 aliphatic heterocycles. The van der Waals surface area contributed by atoms with E-state index in [4.69, 9.17) is 0 Å². The second-order valence-electron chi connectivity index (χ2n) is 4.01. The molecule has 0 amide bonds. The summed E-state index contributed by atoms with van der Waals surface area (Å²) in [5.41, 5.74) is 1.18. The third-order valence-electron chi connectivity index (χ3n) is 2.58. The molecular weight excluding hydrogens is 170 g/mol. The highest BCUT2D eigenvalue weighted by atomic mass is 14.9. The van der Waals surface area contributed by atoms with Crippen molar-refractivity contribution >= 4 is 0 Å². The molecule has 0 aromatic carbocycles. The highest BCUT2D eigenvalue weighted by Crippen LogP contribution is 2.06.